The van der Waals surface area contributed by atoms with Crippen LogP contribution in [-0.2, 0) is 22.6 Å². The van der Waals surface area contributed by atoms with Crippen molar-refractivity contribution in [3.05, 3.63) is 35.1 Å². The summed E-state index contributed by atoms with van der Waals surface area (Å²) in [5.74, 6) is -0.576. The van der Waals surface area contributed by atoms with Gasteiger partial charge in [0.05, 0.1) is 13.2 Å². The van der Waals surface area contributed by atoms with Crippen LogP contribution in [0.5, 0.6) is 0 Å². The van der Waals surface area contributed by atoms with E-state index in [1.807, 2.05) is 18.7 Å². The van der Waals surface area contributed by atoms with E-state index < -0.39 is 0 Å². The van der Waals surface area contributed by atoms with E-state index in [9.17, 15) is 9.18 Å². The molecule has 0 saturated carbocycles. The van der Waals surface area contributed by atoms with Gasteiger partial charge in [-0.1, -0.05) is 12.1 Å². The predicted molar refractivity (Wildman–Crippen MR) is 76.5 cm³/mol. The van der Waals surface area contributed by atoms with E-state index in [4.69, 9.17) is 10.5 Å². The number of nitrogens with zero attached hydrogens (tertiary/aromatic N) is 1. The summed E-state index contributed by atoms with van der Waals surface area (Å²) in [6.07, 6.45) is 0. The van der Waals surface area contributed by atoms with E-state index in [0.717, 1.165) is 5.56 Å². The summed E-state index contributed by atoms with van der Waals surface area (Å²) in [6.45, 7) is 6.92. The van der Waals surface area contributed by atoms with Crippen molar-refractivity contribution in [3.8, 4) is 0 Å². The van der Waals surface area contributed by atoms with Gasteiger partial charge in [0, 0.05) is 24.7 Å². The minimum atomic E-state index is -0.295. The van der Waals surface area contributed by atoms with Crippen LogP contribution in [-0.4, -0.2) is 30.1 Å². The third-order valence-electron chi connectivity index (χ3n) is 3.09. The Morgan fingerprint density at radius 1 is 1.45 bits per heavy atom. The monoisotopic (exact) mass is 282 g/mol. The Morgan fingerprint density at radius 3 is 2.70 bits per heavy atom. The molecule has 1 aromatic carbocycles. The maximum absolute atomic E-state index is 13.8. The van der Waals surface area contributed by atoms with Gasteiger partial charge in [-0.3, -0.25) is 9.69 Å². The van der Waals surface area contributed by atoms with Gasteiger partial charge < -0.3 is 10.5 Å². The van der Waals surface area contributed by atoms with Gasteiger partial charge in [-0.25, -0.2) is 4.39 Å². The fourth-order valence-corrected chi connectivity index (χ4v) is 1.89. The molecule has 0 aliphatic carbocycles. The summed E-state index contributed by atoms with van der Waals surface area (Å²) in [4.78, 5) is 13.5. The molecule has 1 aromatic rings. The number of benzene rings is 1. The van der Waals surface area contributed by atoms with Gasteiger partial charge in [0.1, 0.15) is 5.82 Å². The highest BCUT2D eigenvalue weighted by Crippen LogP contribution is 2.14. The van der Waals surface area contributed by atoms with Gasteiger partial charge in [-0.2, -0.15) is 0 Å². The maximum Gasteiger partial charge on any atom is 0.320 e. The van der Waals surface area contributed by atoms with Crippen LogP contribution >= 0.6 is 0 Å². The number of hydrogen-bond acceptors (Lipinski definition) is 4. The van der Waals surface area contributed by atoms with Crippen LogP contribution in [0.3, 0.4) is 0 Å². The van der Waals surface area contributed by atoms with Crippen molar-refractivity contribution < 1.29 is 13.9 Å². The summed E-state index contributed by atoms with van der Waals surface area (Å²) >= 11 is 0. The van der Waals surface area contributed by atoms with Crippen LogP contribution in [0.15, 0.2) is 18.2 Å². The highest BCUT2D eigenvalue weighted by Gasteiger charge is 2.17. The standard InChI is InChI=1S/C15H23FN2O2/c1-4-20-15(19)10-18(11(2)3)9-13-7-12(8-17)5-6-14(13)16/h5-7,11H,4,8-10,17H2,1-3H3. The molecular weight excluding hydrogens is 259 g/mol. The zero-order chi connectivity index (χ0) is 15.1. The van der Waals surface area contributed by atoms with Gasteiger partial charge >= 0.3 is 5.97 Å². The zero-order valence-electron chi connectivity index (χ0n) is 12.4. The van der Waals surface area contributed by atoms with Crippen LogP contribution < -0.4 is 5.73 Å². The number of halogens is 1. The number of ether oxygens (including phenoxy) is 1. The van der Waals surface area contributed by atoms with E-state index in [1.165, 1.54) is 6.07 Å². The molecular formula is C15H23FN2O2. The Bertz CT molecular complexity index is 449. The molecule has 0 spiro atoms. The Kier molecular flexibility index (Phi) is 6.61. The fraction of sp³-hybridized carbons (Fsp3) is 0.533. The zero-order valence-corrected chi connectivity index (χ0v) is 12.4. The molecule has 0 aliphatic heterocycles. The summed E-state index contributed by atoms with van der Waals surface area (Å²) < 4.78 is 18.8. The molecule has 20 heavy (non-hydrogen) atoms. The molecule has 1 rings (SSSR count). The molecule has 0 radical (unpaired) electrons. The van der Waals surface area contributed by atoms with Crippen LogP contribution in [0.2, 0.25) is 0 Å². The first-order valence-electron chi connectivity index (χ1n) is 6.85. The Balaban J connectivity index is 2.82. The van der Waals surface area contributed by atoms with Crippen molar-refractivity contribution in [2.75, 3.05) is 13.2 Å². The first-order valence-corrected chi connectivity index (χ1v) is 6.85. The quantitative estimate of drug-likeness (QED) is 0.778. The van der Waals surface area contributed by atoms with E-state index >= 15 is 0 Å². The number of carbonyl (C=O) groups excluding carboxylic acids is 1. The lowest BCUT2D eigenvalue weighted by Gasteiger charge is -2.25. The lowest BCUT2D eigenvalue weighted by atomic mass is 10.1. The van der Waals surface area contributed by atoms with Gasteiger partial charge in [0.25, 0.3) is 0 Å². The SMILES string of the molecule is CCOC(=O)CN(Cc1cc(CN)ccc1F)C(C)C. The van der Waals surface area contributed by atoms with Crippen molar-refractivity contribution >= 4 is 5.97 Å². The van der Waals surface area contributed by atoms with Crippen molar-refractivity contribution in [2.24, 2.45) is 5.73 Å². The lowest BCUT2D eigenvalue weighted by Crippen LogP contribution is -2.36. The molecule has 0 bridgehead atoms. The molecule has 0 fully saturated rings. The molecule has 0 aromatic heterocycles. The van der Waals surface area contributed by atoms with Crippen LogP contribution in [0.4, 0.5) is 4.39 Å². The molecule has 5 heteroatoms. The normalized spacial score (nSPS) is 11.2. The van der Waals surface area contributed by atoms with Gasteiger partial charge in [0.15, 0.2) is 0 Å². The maximum atomic E-state index is 13.8. The highest BCUT2D eigenvalue weighted by molar-refractivity contribution is 5.71. The second kappa shape index (κ2) is 7.97. The molecule has 0 atom stereocenters. The average Bonchev–Trinajstić information content (AvgIpc) is 2.40. The number of hydrogen-bond donors (Lipinski definition) is 1. The van der Waals surface area contributed by atoms with Gasteiger partial charge in [-0.05, 0) is 32.4 Å². The molecule has 0 saturated heterocycles. The molecule has 0 heterocycles. The summed E-state index contributed by atoms with van der Waals surface area (Å²) in [5, 5.41) is 0. The molecule has 0 unspecified atom stereocenters. The predicted octanol–water partition coefficient (Wildman–Crippen LogP) is 2.06. The van der Waals surface area contributed by atoms with E-state index in [1.54, 1.807) is 19.1 Å². The number of rotatable bonds is 7. The number of esters is 1. The van der Waals surface area contributed by atoms with Crippen LogP contribution in [0.25, 0.3) is 0 Å². The summed E-state index contributed by atoms with van der Waals surface area (Å²) in [6, 6.07) is 4.94. The third kappa shape index (κ3) is 4.90. The molecule has 2 N–H and O–H groups in total. The summed E-state index contributed by atoms with van der Waals surface area (Å²) in [5.41, 5.74) is 6.99. The van der Waals surface area contributed by atoms with Gasteiger partial charge in [0.2, 0.25) is 0 Å². The fourth-order valence-electron chi connectivity index (χ4n) is 1.89. The Hall–Kier alpha value is -1.46. The molecule has 4 nitrogen and oxygen atoms in total. The minimum Gasteiger partial charge on any atom is -0.465 e. The van der Waals surface area contributed by atoms with Crippen molar-refractivity contribution in [1.82, 2.24) is 4.90 Å². The minimum absolute atomic E-state index is 0.111. The van der Waals surface area contributed by atoms with Gasteiger partial charge in [-0.15, -0.1) is 0 Å². The van der Waals surface area contributed by atoms with Crippen molar-refractivity contribution in [3.63, 3.8) is 0 Å². The Morgan fingerprint density at radius 2 is 2.15 bits per heavy atom. The van der Waals surface area contributed by atoms with Crippen LogP contribution in [0, 0.1) is 5.82 Å². The molecule has 0 amide bonds. The molecule has 112 valence electrons. The Labute approximate surface area is 119 Å². The first-order chi connectivity index (χ1) is 9.47. The first kappa shape index (κ1) is 16.6. The van der Waals surface area contributed by atoms with E-state index in [-0.39, 0.29) is 24.4 Å². The second-order valence-electron chi connectivity index (χ2n) is 4.93. The lowest BCUT2D eigenvalue weighted by molar-refractivity contribution is -0.145. The number of nitrogens with two attached hydrogens (primary N) is 1. The van der Waals surface area contributed by atoms with E-state index in [0.29, 0.717) is 25.3 Å². The second-order valence-corrected chi connectivity index (χ2v) is 4.93. The topological polar surface area (TPSA) is 55.6 Å². The van der Waals surface area contributed by atoms with E-state index in [2.05, 4.69) is 0 Å². The molecule has 0 aliphatic rings. The van der Waals surface area contributed by atoms with Crippen molar-refractivity contribution in [1.29, 1.82) is 0 Å². The summed E-state index contributed by atoms with van der Waals surface area (Å²) in [7, 11) is 0. The average molecular weight is 282 g/mol. The van der Waals surface area contributed by atoms with Crippen molar-refractivity contribution in [2.45, 2.75) is 39.9 Å². The van der Waals surface area contributed by atoms with Crippen LogP contribution in [0.1, 0.15) is 31.9 Å². The smallest absolute Gasteiger partial charge is 0.320 e. The highest BCUT2D eigenvalue weighted by atomic mass is 19.1. The number of carbonyl (C=O) groups is 1. The third-order valence-corrected chi connectivity index (χ3v) is 3.09. The largest absolute Gasteiger partial charge is 0.465 e.